The molecule has 1 N–H and O–H groups in total. The first-order valence-electron chi connectivity index (χ1n) is 7.36. The minimum Gasteiger partial charge on any atom is -0.350 e. The fourth-order valence-electron chi connectivity index (χ4n) is 2.32. The van der Waals surface area contributed by atoms with Crippen molar-refractivity contribution in [1.29, 1.82) is 0 Å². The Bertz CT molecular complexity index is 670. The predicted octanol–water partition coefficient (Wildman–Crippen LogP) is 1.08. The van der Waals surface area contributed by atoms with E-state index in [-0.39, 0.29) is 18.4 Å². The molecule has 0 spiro atoms. The number of aromatic nitrogens is 2. The molecule has 0 aliphatic carbocycles. The number of carbonyl (C=O) groups excluding carboxylic acids is 2. The summed E-state index contributed by atoms with van der Waals surface area (Å²) in [6.45, 7) is 1.39. The van der Waals surface area contributed by atoms with E-state index >= 15 is 0 Å². The minimum atomic E-state index is -0.122. The largest absolute Gasteiger partial charge is 0.350 e. The highest BCUT2D eigenvalue weighted by Gasteiger charge is 2.22. The van der Waals surface area contributed by atoms with Gasteiger partial charge in [-0.1, -0.05) is 24.3 Å². The van der Waals surface area contributed by atoms with E-state index in [0.29, 0.717) is 18.2 Å². The highest BCUT2D eigenvalue weighted by Crippen LogP contribution is 2.14. The van der Waals surface area contributed by atoms with E-state index < -0.39 is 0 Å². The maximum Gasteiger partial charge on any atom is 0.239 e. The van der Waals surface area contributed by atoms with Crippen LogP contribution in [0.25, 0.3) is 0 Å². The van der Waals surface area contributed by atoms with Crippen LogP contribution in [0.2, 0.25) is 0 Å². The summed E-state index contributed by atoms with van der Waals surface area (Å²) in [6, 6.07) is 8.09. The van der Waals surface area contributed by atoms with Crippen LogP contribution in [0.15, 0.2) is 43.0 Å². The average Bonchev–Trinajstić information content (AvgIpc) is 3.19. The SMILES string of the molecule is O=C(CN1CSCC1=O)NCc1ccc(Cn2ccnc2)cc1. The van der Waals surface area contributed by atoms with Crippen molar-refractivity contribution in [2.75, 3.05) is 18.2 Å². The van der Waals surface area contributed by atoms with E-state index in [1.807, 2.05) is 35.0 Å². The van der Waals surface area contributed by atoms with E-state index in [0.717, 1.165) is 12.1 Å². The Morgan fingerprint density at radius 3 is 2.70 bits per heavy atom. The van der Waals surface area contributed by atoms with E-state index in [2.05, 4.69) is 10.3 Å². The van der Waals surface area contributed by atoms with Crippen molar-refractivity contribution in [3.8, 4) is 0 Å². The molecule has 1 saturated heterocycles. The first-order chi connectivity index (χ1) is 11.2. The zero-order chi connectivity index (χ0) is 16.1. The molecule has 3 rings (SSSR count). The Balaban J connectivity index is 1.46. The van der Waals surface area contributed by atoms with Gasteiger partial charge in [0.2, 0.25) is 11.8 Å². The van der Waals surface area contributed by atoms with Crippen molar-refractivity contribution in [2.45, 2.75) is 13.1 Å². The summed E-state index contributed by atoms with van der Waals surface area (Å²) >= 11 is 1.54. The van der Waals surface area contributed by atoms with E-state index in [9.17, 15) is 9.59 Å². The summed E-state index contributed by atoms with van der Waals surface area (Å²) < 4.78 is 2.00. The zero-order valence-corrected chi connectivity index (χ0v) is 13.5. The highest BCUT2D eigenvalue weighted by molar-refractivity contribution is 8.00. The number of thioether (sulfide) groups is 1. The van der Waals surface area contributed by atoms with Crippen LogP contribution < -0.4 is 5.32 Å². The van der Waals surface area contributed by atoms with Gasteiger partial charge in [-0.15, -0.1) is 11.8 Å². The van der Waals surface area contributed by atoms with Crippen molar-refractivity contribution < 1.29 is 9.59 Å². The molecule has 120 valence electrons. The second-order valence-electron chi connectivity index (χ2n) is 5.40. The number of imidazole rings is 1. The van der Waals surface area contributed by atoms with Crippen molar-refractivity contribution >= 4 is 23.6 Å². The molecule has 1 aromatic heterocycles. The van der Waals surface area contributed by atoms with Crippen LogP contribution in [0, 0.1) is 0 Å². The molecule has 0 atom stereocenters. The number of nitrogens with one attached hydrogen (secondary N) is 1. The summed E-state index contributed by atoms with van der Waals surface area (Å²) in [4.78, 5) is 28.9. The van der Waals surface area contributed by atoms with E-state index in [1.165, 1.54) is 17.3 Å². The van der Waals surface area contributed by atoms with E-state index in [4.69, 9.17) is 0 Å². The Morgan fingerprint density at radius 2 is 2.04 bits per heavy atom. The van der Waals surface area contributed by atoms with Crippen molar-refractivity contribution in [3.05, 3.63) is 54.1 Å². The average molecular weight is 330 g/mol. The lowest BCUT2D eigenvalue weighted by Gasteiger charge is -2.14. The molecule has 2 heterocycles. The van der Waals surface area contributed by atoms with Gasteiger partial charge in [0.1, 0.15) is 6.54 Å². The Morgan fingerprint density at radius 1 is 1.26 bits per heavy atom. The van der Waals surface area contributed by atoms with E-state index in [1.54, 1.807) is 17.4 Å². The normalized spacial score (nSPS) is 14.3. The van der Waals surface area contributed by atoms with Crippen LogP contribution in [0.3, 0.4) is 0 Å². The number of carbonyl (C=O) groups is 2. The smallest absolute Gasteiger partial charge is 0.239 e. The van der Waals surface area contributed by atoms with Gasteiger partial charge in [-0.25, -0.2) is 4.98 Å². The van der Waals surface area contributed by atoms with Gasteiger partial charge in [-0.05, 0) is 11.1 Å². The molecule has 0 bridgehead atoms. The van der Waals surface area contributed by atoms with Crippen molar-refractivity contribution in [2.24, 2.45) is 0 Å². The lowest BCUT2D eigenvalue weighted by atomic mass is 10.1. The standard InChI is InChI=1S/C16H18N4O2S/c21-15(9-20-12-23-10-16(20)22)18-7-13-1-3-14(4-2-13)8-19-6-5-17-11-19/h1-6,11H,7-10,12H2,(H,18,21). The van der Waals surface area contributed by atoms with Crippen molar-refractivity contribution in [1.82, 2.24) is 19.8 Å². The molecule has 1 aliphatic heterocycles. The summed E-state index contributed by atoms with van der Waals surface area (Å²) in [7, 11) is 0. The third-order valence-electron chi connectivity index (χ3n) is 3.60. The van der Waals surface area contributed by atoms with Crippen LogP contribution in [0.1, 0.15) is 11.1 Å². The van der Waals surface area contributed by atoms with Gasteiger partial charge in [0.05, 0.1) is 18.0 Å². The third-order valence-corrected chi connectivity index (χ3v) is 4.54. The second-order valence-corrected chi connectivity index (χ2v) is 6.35. The van der Waals surface area contributed by atoms with Crippen LogP contribution in [-0.2, 0) is 22.7 Å². The topological polar surface area (TPSA) is 67.2 Å². The number of benzene rings is 1. The lowest BCUT2D eigenvalue weighted by Crippen LogP contribution is -2.37. The van der Waals surface area contributed by atoms with Gasteiger partial charge >= 0.3 is 0 Å². The number of nitrogens with zero attached hydrogens (tertiary/aromatic N) is 3. The highest BCUT2D eigenvalue weighted by atomic mass is 32.2. The maximum atomic E-state index is 11.9. The van der Waals surface area contributed by atoms with Crippen molar-refractivity contribution in [3.63, 3.8) is 0 Å². The Hall–Kier alpha value is -2.28. The zero-order valence-electron chi connectivity index (χ0n) is 12.6. The Labute approximate surface area is 138 Å². The fourth-order valence-corrected chi connectivity index (χ4v) is 3.23. The van der Waals surface area contributed by atoms with Gasteiger partial charge in [0.15, 0.2) is 0 Å². The summed E-state index contributed by atoms with van der Waals surface area (Å²) in [5, 5.41) is 2.85. The number of hydrogen-bond donors (Lipinski definition) is 1. The van der Waals surface area contributed by atoms with Gasteiger partial charge < -0.3 is 14.8 Å². The molecule has 1 aromatic carbocycles. The van der Waals surface area contributed by atoms with Crippen LogP contribution in [0.4, 0.5) is 0 Å². The second kappa shape index (κ2) is 7.32. The number of rotatable bonds is 6. The summed E-state index contributed by atoms with van der Waals surface area (Å²) in [6.07, 6.45) is 5.46. The molecule has 6 nitrogen and oxygen atoms in total. The van der Waals surface area contributed by atoms with Crippen LogP contribution in [-0.4, -0.2) is 44.4 Å². The number of hydrogen-bond acceptors (Lipinski definition) is 4. The van der Waals surface area contributed by atoms with Crippen LogP contribution >= 0.6 is 11.8 Å². The molecule has 0 saturated carbocycles. The molecule has 1 aliphatic rings. The van der Waals surface area contributed by atoms with Gasteiger partial charge in [-0.2, -0.15) is 0 Å². The molecule has 2 amide bonds. The summed E-state index contributed by atoms with van der Waals surface area (Å²) in [5.74, 6) is 0.998. The van der Waals surface area contributed by atoms with Gasteiger partial charge in [0.25, 0.3) is 0 Å². The fraction of sp³-hybridized carbons (Fsp3) is 0.312. The molecule has 0 radical (unpaired) electrons. The van der Waals surface area contributed by atoms with Crippen LogP contribution in [0.5, 0.6) is 0 Å². The summed E-state index contributed by atoms with van der Waals surface area (Å²) in [5.41, 5.74) is 2.22. The monoisotopic (exact) mass is 330 g/mol. The lowest BCUT2D eigenvalue weighted by molar-refractivity contribution is -0.132. The molecular weight excluding hydrogens is 312 g/mol. The van der Waals surface area contributed by atoms with Gasteiger partial charge in [-0.3, -0.25) is 9.59 Å². The number of amides is 2. The third kappa shape index (κ3) is 4.35. The molecular formula is C16H18N4O2S. The minimum absolute atomic E-state index is 0.0361. The first kappa shape index (κ1) is 15.6. The predicted molar refractivity (Wildman–Crippen MR) is 88.7 cm³/mol. The molecule has 7 heteroatoms. The molecule has 1 fully saturated rings. The van der Waals surface area contributed by atoms with Gasteiger partial charge in [0, 0.05) is 25.5 Å². The molecule has 2 aromatic rings. The molecule has 0 unspecified atom stereocenters. The quantitative estimate of drug-likeness (QED) is 0.861. The maximum absolute atomic E-state index is 11.9. The first-order valence-corrected chi connectivity index (χ1v) is 8.52. The Kier molecular flexibility index (Phi) is 4.97. The molecule has 23 heavy (non-hydrogen) atoms.